The third kappa shape index (κ3) is 3.95. The van der Waals surface area contributed by atoms with E-state index in [4.69, 9.17) is 0 Å². The van der Waals surface area contributed by atoms with Crippen molar-refractivity contribution in [3.05, 3.63) is 69.3 Å². The molecular weight excluding hydrogens is 415 g/mol. The highest BCUT2D eigenvalue weighted by molar-refractivity contribution is 14.1. The maximum atomic E-state index is 12.1. The summed E-state index contributed by atoms with van der Waals surface area (Å²) in [5.74, 6) is -0.379. The molecule has 3 rings (SSSR count). The number of halogens is 1. The minimum Gasteiger partial charge on any atom is -0.354 e. The summed E-state index contributed by atoms with van der Waals surface area (Å²) in [5.41, 5.74) is 1.94. The van der Waals surface area contributed by atoms with Gasteiger partial charge in [-0.25, -0.2) is 0 Å². The molecule has 1 fully saturated rings. The minimum absolute atomic E-state index is 0.00528. The molecule has 124 valence electrons. The number of benzene rings is 2. The lowest BCUT2D eigenvalue weighted by molar-refractivity contribution is -0.120. The Kier molecular flexibility index (Phi) is 5.18. The molecule has 4 nitrogen and oxygen atoms in total. The first-order valence-corrected chi connectivity index (χ1v) is 9.04. The summed E-state index contributed by atoms with van der Waals surface area (Å²) in [4.78, 5) is 24.2. The van der Waals surface area contributed by atoms with E-state index in [1.807, 2.05) is 36.4 Å². The van der Waals surface area contributed by atoms with Gasteiger partial charge < -0.3 is 10.6 Å². The molecule has 1 aliphatic carbocycles. The van der Waals surface area contributed by atoms with Gasteiger partial charge >= 0.3 is 0 Å². The van der Waals surface area contributed by atoms with Crippen LogP contribution < -0.4 is 10.6 Å². The van der Waals surface area contributed by atoms with E-state index in [0.717, 1.165) is 16.4 Å². The van der Waals surface area contributed by atoms with Crippen LogP contribution in [0.5, 0.6) is 0 Å². The Morgan fingerprint density at radius 2 is 1.62 bits per heavy atom. The lowest BCUT2D eigenvalue weighted by Gasteiger charge is -2.16. The number of nitrogens with one attached hydrogen (secondary N) is 2. The molecule has 0 aromatic heterocycles. The molecule has 0 heterocycles. The Hall–Kier alpha value is -1.89. The van der Waals surface area contributed by atoms with Crippen LogP contribution in [0.2, 0.25) is 0 Å². The predicted molar refractivity (Wildman–Crippen MR) is 102 cm³/mol. The van der Waals surface area contributed by atoms with E-state index < -0.39 is 0 Å². The summed E-state index contributed by atoms with van der Waals surface area (Å²) in [5, 5.41) is 5.63. The molecule has 0 unspecified atom stereocenters. The fraction of sp³-hybridized carbons (Fsp3) is 0.263. The second kappa shape index (κ2) is 7.34. The van der Waals surface area contributed by atoms with E-state index in [-0.39, 0.29) is 23.8 Å². The highest BCUT2D eigenvalue weighted by atomic mass is 127. The standard InChI is InChI=1S/C19H19IN2O2/c20-16-9-5-4-8-15(16)18(24)21-12-17(23)22-13-19(10-11-19)14-6-2-1-3-7-14/h1-9H,10-13H2,(H,21,24)(H,22,23). The van der Waals surface area contributed by atoms with Gasteiger partial charge in [0, 0.05) is 15.5 Å². The molecule has 0 atom stereocenters. The molecule has 0 bridgehead atoms. The average Bonchev–Trinajstić information content (AvgIpc) is 3.40. The van der Waals surface area contributed by atoms with Crippen LogP contribution in [-0.4, -0.2) is 24.9 Å². The average molecular weight is 434 g/mol. The Morgan fingerprint density at radius 3 is 2.29 bits per heavy atom. The van der Waals surface area contributed by atoms with Crippen LogP contribution in [0.4, 0.5) is 0 Å². The summed E-state index contributed by atoms with van der Waals surface area (Å²) in [7, 11) is 0. The first-order chi connectivity index (χ1) is 11.6. The van der Waals surface area contributed by atoms with E-state index in [1.165, 1.54) is 5.56 Å². The second-order valence-corrected chi connectivity index (χ2v) is 7.25. The van der Waals surface area contributed by atoms with Crippen molar-refractivity contribution in [3.8, 4) is 0 Å². The zero-order valence-corrected chi connectivity index (χ0v) is 15.4. The second-order valence-electron chi connectivity index (χ2n) is 6.09. The highest BCUT2D eigenvalue weighted by Gasteiger charge is 2.44. The van der Waals surface area contributed by atoms with E-state index in [9.17, 15) is 9.59 Å². The van der Waals surface area contributed by atoms with Crippen LogP contribution in [0.15, 0.2) is 54.6 Å². The number of carbonyl (C=O) groups excluding carboxylic acids is 2. The van der Waals surface area contributed by atoms with Crippen LogP contribution >= 0.6 is 22.6 Å². The van der Waals surface area contributed by atoms with Gasteiger partial charge in [0.2, 0.25) is 5.91 Å². The van der Waals surface area contributed by atoms with E-state index in [1.54, 1.807) is 6.07 Å². The first-order valence-electron chi connectivity index (χ1n) is 7.96. The molecule has 0 radical (unpaired) electrons. The van der Waals surface area contributed by atoms with E-state index in [2.05, 4.69) is 45.4 Å². The smallest absolute Gasteiger partial charge is 0.252 e. The normalized spacial score (nSPS) is 14.7. The Labute approximate surface area is 155 Å². The van der Waals surface area contributed by atoms with Crippen molar-refractivity contribution in [2.45, 2.75) is 18.3 Å². The summed E-state index contributed by atoms with van der Waals surface area (Å²) < 4.78 is 0.869. The Morgan fingerprint density at radius 1 is 0.958 bits per heavy atom. The van der Waals surface area contributed by atoms with Crippen LogP contribution in [0.3, 0.4) is 0 Å². The Bertz CT molecular complexity index is 742. The zero-order valence-electron chi connectivity index (χ0n) is 13.2. The van der Waals surface area contributed by atoms with Crippen molar-refractivity contribution in [2.24, 2.45) is 0 Å². The third-order valence-corrected chi connectivity index (χ3v) is 5.33. The zero-order chi connectivity index (χ0) is 17.0. The maximum absolute atomic E-state index is 12.1. The van der Waals surface area contributed by atoms with Gasteiger partial charge in [-0.15, -0.1) is 0 Å². The van der Waals surface area contributed by atoms with Crippen molar-refractivity contribution in [3.63, 3.8) is 0 Å². The van der Waals surface area contributed by atoms with Gasteiger partial charge in [-0.2, -0.15) is 0 Å². The molecule has 0 saturated heterocycles. The first kappa shape index (κ1) is 17.0. The molecule has 0 aliphatic heterocycles. The van der Waals surface area contributed by atoms with Crippen LogP contribution in [0, 0.1) is 3.57 Å². The van der Waals surface area contributed by atoms with Crippen molar-refractivity contribution in [1.82, 2.24) is 10.6 Å². The largest absolute Gasteiger partial charge is 0.354 e. The lowest BCUT2D eigenvalue weighted by atomic mass is 9.96. The number of amides is 2. The van der Waals surface area contributed by atoms with Crippen molar-refractivity contribution < 1.29 is 9.59 Å². The summed E-state index contributed by atoms with van der Waals surface area (Å²) in [6.07, 6.45) is 2.18. The molecule has 1 aliphatic rings. The molecule has 1 saturated carbocycles. The third-order valence-electron chi connectivity index (χ3n) is 4.39. The fourth-order valence-corrected chi connectivity index (χ4v) is 3.37. The van der Waals surface area contributed by atoms with Crippen molar-refractivity contribution in [2.75, 3.05) is 13.1 Å². The van der Waals surface area contributed by atoms with Crippen molar-refractivity contribution >= 4 is 34.4 Å². The van der Waals surface area contributed by atoms with Crippen LogP contribution in [0.25, 0.3) is 0 Å². The van der Waals surface area contributed by atoms with Gasteiger partial charge in [0.25, 0.3) is 5.91 Å². The molecule has 0 spiro atoms. The van der Waals surface area contributed by atoms with Gasteiger partial charge in [0.05, 0.1) is 12.1 Å². The van der Waals surface area contributed by atoms with E-state index in [0.29, 0.717) is 12.1 Å². The highest BCUT2D eigenvalue weighted by Crippen LogP contribution is 2.47. The monoisotopic (exact) mass is 434 g/mol. The predicted octanol–water partition coefficient (Wildman–Crippen LogP) is 2.87. The van der Waals surface area contributed by atoms with Gasteiger partial charge in [-0.05, 0) is 53.1 Å². The quantitative estimate of drug-likeness (QED) is 0.688. The van der Waals surface area contributed by atoms with Crippen LogP contribution in [0.1, 0.15) is 28.8 Å². The number of hydrogen-bond donors (Lipinski definition) is 2. The van der Waals surface area contributed by atoms with Gasteiger partial charge in [-0.1, -0.05) is 42.5 Å². The molecule has 5 heteroatoms. The Balaban J connectivity index is 1.49. The molecular formula is C19H19IN2O2. The van der Waals surface area contributed by atoms with E-state index >= 15 is 0 Å². The van der Waals surface area contributed by atoms with Gasteiger partial charge in [-0.3, -0.25) is 9.59 Å². The molecule has 2 aromatic rings. The molecule has 2 amide bonds. The fourth-order valence-electron chi connectivity index (χ4n) is 2.74. The van der Waals surface area contributed by atoms with Gasteiger partial charge in [0.15, 0.2) is 0 Å². The van der Waals surface area contributed by atoms with Crippen LogP contribution in [-0.2, 0) is 10.2 Å². The lowest BCUT2D eigenvalue weighted by Crippen LogP contribution is -2.40. The van der Waals surface area contributed by atoms with Gasteiger partial charge in [0.1, 0.15) is 0 Å². The number of carbonyl (C=O) groups is 2. The number of hydrogen-bond acceptors (Lipinski definition) is 2. The maximum Gasteiger partial charge on any atom is 0.252 e. The number of rotatable bonds is 6. The minimum atomic E-state index is -0.223. The molecule has 2 N–H and O–H groups in total. The van der Waals surface area contributed by atoms with Crippen molar-refractivity contribution in [1.29, 1.82) is 0 Å². The summed E-state index contributed by atoms with van der Waals surface area (Å²) in [6.45, 7) is 0.614. The molecule has 2 aromatic carbocycles. The summed E-state index contributed by atoms with van der Waals surface area (Å²) >= 11 is 2.11. The SMILES string of the molecule is O=C(CNC(=O)c1ccccc1I)NCC1(c2ccccc2)CC1. The summed E-state index contributed by atoms with van der Waals surface area (Å²) in [6, 6.07) is 17.6. The topological polar surface area (TPSA) is 58.2 Å². The molecule has 24 heavy (non-hydrogen) atoms.